The molecule has 2 rings (SSSR count). The first-order valence-electron chi connectivity index (χ1n) is 9.48. The average Bonchev–Trinajstić information content (AvgIpc) is 3.00. The molecule has 1 fully saturated rings. The molecule has 0 bridgehead atoms. The summed E-state index contributed by atoms with van der Waals surface area (Å²) >= 11 is 0. The summed E-state index contributed by atoms with van der Waals surface area (Å²) in [6, 6.07) is 6.91. The van der Waals surface area contributed by atoms with Crippen molar-refractivity contribution in [3.8, 4) is 11.5 Å². The van der Waals surface area contributed by atoms with Gasteiger partial charge >= 0.3 is 0 Å². The fourth-order valence-electron chi connectivity index (χ4n) is 3.26. The lowest BCUT2D eigenvalue weighted by molar-refractivity contribution is 0.265. The highest BCUT2D eigenvalue weighted by molar-refractivity contribution is 14.0. The first-order chi connectivity index (χ1) is 12.5. The van der Waals surface area contributed by atoms with E-state index in [1.807, 2.05) is 18.2 Å². The van der Waals surface area contributed by atoms with Crippen molar-refractivity contribution in [2.75, 3.05) is 33.9 Å². The van der Waals surface area contributed by atoms with Gasteiger partial charge in [0.2, 0.25) is 0 Å². The smallest absolute Gasteiger partial charge is 0.191 e. The third-order valence-corrected chi connectivity index (χ3v) is 4.90. The standard InChI is InChI=1S/C20H34N4O2.HI/c1-7-21-20(23-17-13-24(14(2)3)12-15(17)4)22-11-16-8-9-18(25-5)19(10-16)26-6;/h8-10,14-15,17H,7,11-13H2,1-6H3,(H2,21,22,23);1H. The third-order valence-electron chi connectivity index (χ3n) is 4.90. The predicted molar refractivity (Wildman–Crippen MR) is 123 cm³/mol. The zero-order chi connectivity index (χ0) is 19.1. The van der Waals surface area contributed by atoms with Gasteiger partial charge in [-0.15, -0.1) is 24.0 Å². The molecule has 1 aromatic rings. The van der Waals surface area contributed by atoms with Crippen molar-refractivity contribution >= 4 is 29.9 Å². The molecule has 0 amide bonds. The summed E-state index contributed by atoms with van der Waals surface area (Å²) in [5.74, 6) is 2.93. The Kier molecular flexibility index (Phi) is 10.2. The van der Waals surface area contributed by atoms with Crippen LogP contribution in [0.5, 0.6) is 11.5 Å². The number of likely N-dealkylation sites (tertiary alicyclic amines) is 1. The molecule has 27 heavy (non-hydrogen) atoms. The lowest BCUT2D eigenvalue weighted by atomic mass is 10.1. The fourth-order valence-corrected chi connectivity index (χ4v) is 3.26. The van der Waals surface area contributed by atoms with Crippen LogP contribution in [0.3, 0.4) is 0 Å². The number of ether oxygens (including phenoxy) is 2. The van der Waals surface area contributed by atoms with Gasteiger partial charge in [-0.2, -0.15) is 0 Å². The van der Waals surface area contributed by atoms with E-state index in [2.05, 4.69) is 43.2 Å². The highest BCUT2D eigenvalue weighted by Crippen LogP contribution is 2.27. The van der Waals surface area contributed by atoms with Crippen LogP contribution in [0.25, 0.3) is 0 Å². The second kappa shape index (κ2) is 11.6. The van der Waals surface area contributed by atoms with Crippen molar-refractivity contribution < 1.29 is 9.47 Å². The van der Waals surface area contributed by atoms with Gasteiger partial charge in [0.25, 0.3) is 0 Å². The van der Waals surface area contributed by atoms with Gasteiger partial charge in [0.15, 0.2) is 17.5 Å². The van der Waals surface area contributed by atoms with Crippen LogP contribution in [-0.4, -0.2) is 56.8 Å². The lowest BCUT2D eigenvalue weighted by Gasteiger charge is -2.22. The van der Waals surface area contributed by atoms with Crippen molar-refractivity contribution in [3.05, 3.63) is 23.8 Å². The van der Waals surface area contributed by atoms with E-state index < -0.39 is 0 Å². The van der Waals surface area contributed by atoms with E-state index in [4.69, 9.17) is 14.5 Å². The summed E-state index contributed by atoms with van der Waals surface area (Å²) < 4.78 is 10.7. The molecular weight excluding hydrogens is 455 g/mol. The Morgan fingerprint density at radius 3 is 2.48 bits per heavy atom. The lowest BCUT2D eigenvalue weighted by Crippen LogP contribution is -2.46. The normalized spacial score (nSPS) is 20.3. The molecule has 0 aliphatic carbocycles. The Morgan fingerprint density at radius 1 is 1.22 bits per heavy atom. The zero-order valence-electron chi connectivity index (χ0n) is 17.4. The molecule has 2 atom stereocenters. The second-order valence-corrected chi connectivity index (χ2v) is 7.16. The summed E-state index contributed by atoms with van der Waals surface area (Å²) in [5.41, 5.74) is 1.09. The Labute approximate surface area is 181 Å². The molecule has 1 aliphatic heterocycles. The molecule has 1 saturated heterocycles. The zero-order valence-corrected chi connectivity index (χ0v) is 19.7. The first kappa shape index (κ1) is 23.8. The summed E-state index contributed by atoms with van der Waals surface area (Å²) in [4.78, 5) is 7.28. The van der Waals surface area contributed by atoms with Crippen molar-refractivity contribution in [2.24, 2.45) is 10.9 Å². The second-order valence-electron chi connectivity index (χ2n) is 7.16. The van der Waals surface area contributed by atoms with Gasteiger partial charge in [-0.25, -0.2) is 4.99 Å². The molecule has 6 nitrogen and oxygen atoms in total. The van der Waals surface area contributed by atoms with Gasteiger partial charge < -0.3 is 20.1 Å². The van der Waals surface area contributed by atoms with Gasteiger partial charge in [0.1, 0.15) is 0 Å². The number of hydrogen-bond donors (Lipinski definition) is 2. The van der Waals surface area contributed by atoms with Crippen molar-refractivity contribution in [1.82, 2.24) is 15.5 Å². The van der Waals surface area contributed by atoms with Crippen LogP contribution in [0, 0.1) is 5.92 Å². The number of methoxy groups -OCH3 is 2. The van der Waals surface area contributed by atoms with Crippen LogP contribution in [0.2, 0.25) is 0 Å². The maximum atomic E-state index is 5.38. The number of aliphatic imine (C=N–C) groups is 1. The molecule has 0 aromatic heterocycles. The van der Waals surface area contributed by atoms with Gasteiger partial charge in [-0.05, 0) is 44.4 Å². The van der Waals surface area contributed by atoms with Crippen LogP contribution in [-0.2, 0) is 6.54 Å². The topological polar surface area (TPSA) is 58.1 Å². The SMILES string of the molecule is CCNC(=NCc1ccc(OC)c(OC)c1)NC1CN(C(C)C)CC1C.I. The molecule has 1 heterocycles. The number of rotatable bonds is 7. The Balaban J connectivity index is 0.00000364. The van der Waals surface area contributed by atoms with E-state index in [9.17, 15) is 0 Å². The van der Waals surface area contributed by atoms with E-state index in [0.29, 0.717) is 24.5 Å². The van der Waals surface area contributed by atoms with Crippen LogP contribution >= 0.6 is 24.0 Å². The van der Waals surface area contributed by atoms with Crippen molar-refractivity contribution in [3.63, 3.8) is 0 Å². The van der Waals surface area contributed by atoms with Gasteiger partial charge in [0.05, 0.1) is 20.8 Å². The summed E-state index contributed by atoms with van der Waals surface area (Å²) in [7, 11) is 3.30. The van der Waals surface area contributed by atoms with E-state index in [-0.39, 0.29) is 24.0 Å². The van der Waals surface area contributed by atoms with Gasteiger partial charge in [-0.1, -0.05) is 13.0 Å². The number of benzene rings is 1. The van der Waals surface area contributed by atoms with E-state index in [1.165, 1.54) is 0 Å². The molecule has 154 valence electrons. The van der Waals surface area contributed by atoms with Crippen molar-refractivity contribution in [2.45, 2.75) is 46.3 Å². The van der Waals surface area contributed by atoms with Crippen LogP contribution in [0.15, 0.2) is 23.2 Å². The maximum Gasteiger partial charge on any atom is 0.191 e. The number of nitrogens with zero attached hydrogens (tertiary/aromatic N) is 2. The fraction of sp³-hybridized carbons (Fsp3) is 0.650. The molecule has 2 unspecified atom stereocenters. The minimum atomic E-state index is 0. The van der Waals surface area contributed by atoms with E-state index >= 15 is 0 Å². The average molecular weight is 490 g/mol. The number of nitrogens with one attached hydrogen (secondary N) is 2. The van der Waals surface area contributed by atoms with E-state index in [0.717, 1.165) is 42.7 Å². The summed E-state index contributed by atoms with van der Waals surface area (Å²) in [6.45, 7) is 12.5. The van der Waals surface area contributed by atoms with Gasteiger partial charge in [-0.3, -0.25) is 4.90 Å². The number of hydrogen-bond acceptors (Lipinski definition) is 4. The quantitative estimate of drug-likeness (QED) is 0.350. The van der Waals surface area contributed by atoms with E-state index in [1.54, 1.807) is 14.2 Å². The minimum absolute atomic E-state index is 0. The van der Waals surface area contributed by atoms with Crippen LogP contribution < -0.4 is 20.1 Å². The monoisotopic (exact) mass is 490 g/mol. The molecule has 0 saturated carbocycles. The molecule has 0 spiro atoms. The molecular formula is C20H35IN4O2. The Morgan fingerprint density at radius 2 is 1.93 bits per heavy atom. The number of guanidine groups is 1. The van der Waals surface area contributed by atoms with Crippen LogP contribution in [0.1, 0.15) is 33.3 Å². The molecule has 1 aromatic carbocycles. The highest BCUT2D eigenvalue weighted by Gasteiger charge is 2.31. The summed E-state index contributed by atoms with van der Waals surface area (Å²) in [6.07, 6.45) is 0. The minimum Gasteiger partial charge on any atom is -0.493 e. The molecule has 2 N–H and O–H groups in total. The predicted octanol–water partition coefficient (Wildman–Crippen LogP) is 3.11. The van der Waals surface area contributed by atoms with Gasteiger partial charge in [0, 0.05) is 31.7 Å². The Bertz CT molecular complexity index is 610. The molecule has 7 heteroatoms. The molecule has 0 radical (unpaired) electrons. The summed E-state index contributed by atoms with van der Waals surface area (Å²) in [5, 5.41) is 6.97. The molecule has 1 aliphatic rings. The first-order valence-corrected chi connectivity index (χ1v) is 9.48. The van der Waals surface area contributed by atoms with Crippen molar-refractivity contribution in [1.29, 1.82) is 0 Å². The highest BCUT2D eigenvalue weighted by atomic mass is 127. The Hall–Kier alpha value is -1.22. The number of halogens is 1. The van der Waals surface area contributed by atoms with Crippen LogP contribution in [0.4, 0.5) is 0 Å². The third kappa shape index (κ3) is 6.71. The maximum absolute atomic E-state index is 5.38. The largest absolute Gasteiger partial charge is 0.493 e.